The summed E-state index contributed by atoms with van der Waals surface area (Å²) in [5.74, 6) is -0.401. The van der Waals surface area contributed by atoms with Crippen LogP contribution in [0.4, 0.5) is 4.39 Å². The molecule has 0 saturated carbocycles. The molecular weight excluding hydrogens is 167 g/mol. The fraction of sp³-hybridized carbons (Fsp3) is 0. The molecule has 0 bridgehead atoms. The summed E-state index contributed by atoms with van der Waals surface area (Å²) < 4.78 is 13.2. The van der Waals surface area contributed by atoms with Gasteiger partial charge in [0.25, 0.3) is 0 Å². The third-order valence-electron chi connectivity index (χ3n) is 1.84. The Morgan fingerprint density at radius 3 is 2.92 bits per heavy atom. The van der Waals surface area contributed by atoms with Crippen LogP contribution in [0.3, 0.4) is 0 Å². The van der Waals surface area contributed by atoms with Crippen molar-refractivity contribution < 1.29 is 4.39 Å². The smallest absolute Gasteiger partial charge is 0.133 e. The predicted octanol–water partition coefficient (Wildman–Crippen LogP) is 2.25. The lowest BCUT2D eigenvalue weighted by atomic mass is 10.1. The molecule has 3 heteroatoms. The van der Waals surface area contributed by atoms with Gasteiger partial charge in [0.05, 0.1) is 22.5 Å². The van der Waals surface area contributed by atoms with Gasteiger partial charge in [0, 0.05) is 6.20 Å². The maximum atomic E-state index is 13.2. The van der Waals surface area contributed by atoms with Crippen LogP contribution < -0.4 is 0 Å². The summed E-state index contributed by atoms with van der Waals surface area (Å²) in [4.78, 5) is 3.96. The second-order valence-corrected chi connectivity index (χ2v) is 2.60. The fourth-order valence-electron chi connectivity index (χ4n) is 1.26. The van der Waals surface area contributed by atoms with Crippen molar-refractivity contribution in [3.05, 3.63) is 41.8 Å². The van der Waals surface area contributed by atoms with Crippen molar-refractivity contribution in [2.45, 2.75) is 0 Å². The first-order valence-electron chi connectivity index (χ1n) is 3.76. The number of nitrogens with zero attached hydrogens (tertiary/aromatic N) is 2. The normalized spacial score (nSPS) is 9.85. The summed E-state index contributed by atoms with van der Waals surface area (Å²) >= 11 is 0. The summed E-state index contributed by atoms with van der Waals surface area (Å²) in [7, 11) is 0. The van der Waals surface area contributed by atoms with Crippen LogP contribution in [-0.2, 0) is 0 Å². The number of hydrogen-bond donors (Lipinski definition) is 0. The van der Waals surface area contributed by atoms with E-state index in [0.29, 0.717) is 16.5 Å². The first kappa shape index (κ1) is 7.69. The molecule has 1 aromatic carbocycles. The monoisotopic (exact) mass is 172 g/mol. The molecule has 0 atom stereocenters. The van der Waals surface area contributed by atoms with E-state index in [1.54, 1.807) is 12.1 Å². The number of benzene rings is 1. The third kappa shape index (κ3) is 1.13. The van der Waals surface area contributed by atoms with Crippen LogP contribution in [0.15, 0.2) is 30.5 Å². The molecule has 2 nitrogen and oxygen atoms in total. The third-order valence-corrected chi connectivity index (χ3v) is 1.84. The van der Waals surface area contributed by atoms with E-state index in [4.69, 9.17) is 5.26 Å². The summed E-state index contributed by atoms with van der Waals surface area (Å²) in [6.07, 6.45) is 1.50. The quantitative estimate of drug-likeness (QED) is 0.611. The van der Waals surface area contributed by atoms with Crippen molar-refractivity contribution in [1.29, 1.82) is 5.26 Å². The zero-order valence-corrected chi connectivity index (χ0v) is 6.66. The number of fused-ring (bicyclic) bond motifs is 1. The van der Waals surface area contributed by atoms with Crippen molar-refractivity contribution in [2.24, 2.45) is 0 Å². The standard InChI is InChI=1S/C10H5FN2/c11-8-2-1-3-9-10(8)7(6-12)4-5-13-9/h1-5H. The van der Waals surface area contributed by atoms with Crippen molar-refractivity contribution in [2.75, 3.05) is 0 Å². The topological polar surface area (TPSA) is 36.7 Å². The Kier molecular flexibility index (Phi) is 1.67. The molecule has 0 spiro atoms. The van der Waals surface area contributed by atoms with Gasteiger partial charge in [-0.05, 0) is 18.2 Å². The van der Waals surface area contributed by atoms with Crippen LogP contribution in [-0.4, -0.2) is 4.98 Å². The summed E-state index contributed by atoms with van der Waals surface area (Å²) in [5, 5.41) is 9.01. The average Bonchev–Trinajstić information content (AvgIpc) is 2.17. The molecule has 0 fully saturated rings. The first-order valence-corrected chi connectivity index (χ1v) is 3.76. The maximum absolute atomic E-state index is 13.2. The summed E-state index contributed by atoms with van der Waals surface area (Å²) in [6.45, 7) is 0. The number of halogens is 1. The van der Waals surface area contributed by atoms with Crippen LogP contribution in [0, 0.1) is 17.1 Å². The minimum absolute atomic E-state index is 0.299. The lowest BCUT2D eigenvalue weighted by Gasteiger charge is -1.98. The molecule has 0 aliphatic carbocycles. The Hall–Kier alpha value is -1.95. The molecule has 13 heavy (non-hydrogen) atoms. The number of hydrogen-bond acceptors (Lipinski definition) is 2. The van der Waals surface area contributed by atoms with Crippen LogP contribution >= 0.6 is 0 Å². The van der Waals surface area contributed by atoms with E-state index in [-0.39, 0.29) is 0 Å². The van der Waals surface area contributed by atoms with Crippen molar-refractivity contribution in [1.82, 2.24) is 4.98 Å². The summed E-state index contributed by atoms with van der Waals surface area (Å²) in [6, 6.07) is 8.02. The zero-order chi connectivity index (χ0) is 9.26. The Bertz CT molecular complexity index is 494. The second kappa shape index (κ2) is 2.83. The highest BCUT2D eigenvalue weighted by molar-refractivity contribution is 5.84. The van der Waals surface area contributed by atoms with Crippen LogP contribution in [0.1, 0.15) is 5.56 Å². The summed E-state index contributed by atoms with van der Waals surface area (Å²) in [5.41, 5.74) is 0.835. The molecule has 0 radical (unpaired) electrons. The largest absolute Gasteiger partial charge is 0.256 e. The molecule has 62 valence electrons. The molecule has 1 aromatic heterocycles. The van der Waals surface area contributed by atoms with Gasteiger partial charge >= 0.3 is 0 Å². The molecule has 2 aromatic rings. The minimum Gasteiger partial charge on any atom is -0.256 e. The van der Waals surface area contributed by atoms with E-state index in [0.717, 1.165) is 0 Å². The maximum Gasteiger partial charge on any atom is 0.133 e. The number of pyridine rings is 1. The van der Waals surface area contributed by atoms with Crippen molar-refractivity contribution in [3.8, 4) is 6.07 Å². The molecule has 0 amide bonds. The lowest BCUT2D eigenvalue weighted by molar-refractivity contribution is 0.639. The van der Waals surface area contributed by atoms with E-state index in [2.05, 4.69) is 4.98 Å². The molecule has 0 unspecified atom stereocenters. The molecule has 0 aliphatic heterocycles. The Morgan fingerprint density at radius 2 is 2.15 bits per heavy atom. The van der Waals surface area contributed by atoms with Gasteiger partial charge in [0.1, 0.15) is 5.82 Å². The highest BCUT2D eigenvalue weighted by Gasteiger charge is 2.05. The molecule has 2 rings (SSSR count). The van der Waals surface area contributed by atoms with Gasteiger partial charge in [-0.25, -0.2) is 4.39 Å². The second-order valence-electron chi connectivity index (χ2n) is 2.60. The highest BCUT2D eigenvalue weighted by Crippen LogP contribution is 2.18. The Balaban J connectivity index is 2.97. The molecule has 0 aliphatic rings. The number of nitriles is 1. The molecule has 0 N–H and O–H groups in total. The first-order chi connectivity index (χ1) is 6.33. The lowest BCUT2D eigenvalue weighted by Crippen LogP contribution is -1.86. The van der Waals surface area contributed by atoms with E-state index in [1.165, 1.54) is 18.3 Å². The van der Waals surface area contributed by atoms with Gasteiger partial charge < -0.3 is 0 Å². The van der Waals surface area contributed by atoms with Crippen molar-refractivity contribution in [3.63, 3.8) is 0 Å². The number of aromatic nitrogens is 1. The average molecular weight is 172 g/mol. The van der Waals surface area contributed by atoms with E-state index < -0.39 is 5.82 Å². The predicted molar refractivity (Wildman–Crippen MR) is 46.4 cm³/mol. The van der Waals surface area contributed by atoms with Gasteiger partial charge in [-0.3, -0.25) is 4.98 Å². The van der Waals surface area contributed by atoms with Gasteiger partial charge in [-0.15, -0.1) is 0 Å². The SMILES string of the molecule is N#Cc1ccnc2cccc(F)c12. The van der Waals surface area contributed by atoms with E-state index >= 15 is 0 Å². The van der Waals surface area contributed by atoms with E-state index in [9.17, 15) is 4.39 Å². The van der Waals surface area contributed by atoms with Gasteiger partial charge in [-0.2, -0.15) is 5.26 Å². The van der Waals surface area contributed by atoms with Crippen LogP contribution in [0.25, 0.3) is 10.9 Å². The molecule has 1 heterocycles. The van der Waals surface area contributed by atoms with Gasteiger partial charge in [0.2, 0.25) is 0 Å². The molecule has 0 saturated heterocycles. The van der Waals surface area contributed by atoms with Crippen molar-refractivity contribution >= 4 is 10.9 Å². The minimum atomic E-state index is -0.401. The fourth-order valence-corrected chi connectivity index (χ4v) is 1.26. The number of rotatable bonds is 0. The van der Waals surface area contributed by atoms with Gasteiger partial charge in [-0.1, -0.05) is 6.07 Å². The molecular formula is C10H5FN2. The Labute approximate surface area is 74.3 Å². The van der Waals surface area contributed by atoms with Crippen LogP contribution in [0.2, 0.25) is 0 Å². The Morgan fingerprint density at radius 1 is 1.31 bits per heavy atom. The van der Waals surface area contributed by atoms with Crippen LogP contribution in [0.5, 0.6) is 0 Å². The highest BCUT2D eigenvalue weighted by atomic mass is 19.1. The van der Waals surface area contributed by atoms with Gasteiger partial charge in [0.15, 0.2) is 0 Å². The van der Waals surface area contributed by atoms with E-state index in [1.807, 2.05) is 6.07 Å². The zero-order valence-electron chi connectivity index (χ0n) is 6.66.